The summed E-state index contributed by atoms with van der Waals surface area (Å²) in [6.07, 6.45) is -15.8. The highest BCUT2D eigenvalue weighted by molar-refractivity contribution is 6.62. The fourth-order valence-electron chi connectivity index (χ4n) is 2.82. The lowest BCUT2D eigenvalue weighted by Gasteiger charge is -2.43. The van der Waals surface area contributed by atoms with Crippen molar-refractivity contribution in [2.45, 2.75) is 87.7 Å². The standard InChI is InChI=1S/C17H21F17O4Si/c1-5-9(39(35-6-2,36-7-3)37-8-4)38-17(33,34)15(28,29)13(24,25)11(20,21)10(18,19)12(22,23)14(26,27)16(30,31)32/h9H,5-8H2,1-4H3. The Hall–Kier alpha value is -1.13. The summed E-state index contributed by atoms with van der Waals surface area (Å²) in [6.45, 7) is 2.80. The van der Waals surface area contributed by atoms with Gasteiger partial charge in [-0.05, 0) is 27.2 Å². The quantitative estimate of drug-likeness (QED) is 0.131. The summed E-state index contributed by atoms with van der Waals surface area (Å²) in [5, 5.41) is 0. The molecule has 0 aromatic rings. The van der Waals surface area contributed by atoms with Gasteiger partial charge in [-0.3, -0.25) is 0 Å². The van der Waals surface area contributed by atoms with E-state index in [4.69, 9.17) is 13.3 Å². The second-order valence-electron chi connectivity index (χ2n) is 7.38. The van der Waals surface area contributed by atoms with Crippen molar-refractivity contribution in [1.29, 1.82) is 0 Å². The largest absolute Gasteiger partial charge is 0.531 e. The average Bonchev–Trinajstić information content (AvgIpc) is 2.76. The van der Waals surface area contributed by atoms with Crippen LogP contribution in [0.25, 0.3) is 0 Å². The van der Waals surface area contributed by atoms with E-state index >= 15 is 0 Å². The molecule has 0 spiro atoms. The number of ether oxygens (including phenoxy) is 1. The van der Waals surface area contributed by atoms with Gasteiger partial charge in [-0.1, -0.05) is 6.92 Å². The lowest BCUT2D eigenvalue weighted by atomic mass is 9.90. The minimum atomic E-state index is -8.72. The zero-order valence-electron chi connectivity index (χ0n) is 20.0. The van der Waals surface area contributed by atoms with E-state index in [1.807, 2.05) is 0 Å². The van der Waals surface area contributed by atoms with Gasteiger partial charge in [0.2, 0.25) is 0 Å². The van der Waals surface area contributed by atoms with E-state index in [1.54, 1.807) is 0 Å². The molecule has 0 N–H and O–H groups in total. The molecule has 22 heteroatoms. The molecule has 0 heterocycles. The Kier molecular flexibility index (Phi) is 11.3. The van der Waals surface area contributed by atoms with Crippen LogP contribution in [0.1, 0.15) is 34.1 Å². The predicted octanol–water partition coefficient (Wildman–Crippen LogP) is 7.34. The first-order chi connectivity index (χ1) is 17.1. The van der Waals surface area contributed by atoms with E-state index in [9.17, 15) is 74.6 Å². The van der Waals surface area contributed by atoms with Gasteiger partial charge in [-0.2, -0.15) is 74.6 Å². The molecule has 0 amide bonds. The van der Waals surface area contributed by atoms with Crippen LogP contribution in [0.15, 0.2) is 0 Å². The first kappa shape index (κ1) is 37.9. The maximum atomic E-state index is 14.3. The molecule has 236 valence electrons. The molecule has 0 radical (unpaired) electrons. The third kappa shape index (κ3) is 5.94. The molecular formula is C17H21F17O4Si. The zero-order chi connectivity index (χ0) is 31.7. The lowest BCUT2D eigenvalue weighted by Crippen LogP contribution is -2.75. The smallest absolute Gasteiger partial charge is 0.372 e. The van der Waals surface area contributed by atoms with Crippen LogP contribution in [0.3, 0.4) is 0 Å². The maximum absolute atomic E-state index is 14.3. The fraction of sp³-hybridized carbons (Fsp3) is 1.00. The molecule has 0 saturated heterocycles. The third-order valence-electron chi connectivity index (χ3n) is 4.79. The predicted molar refractivity (Wildman–Crippen MR) is 96.5 cm³/mol. The van der Waals surface area contributed by atoms with Crippen molar-refractivity contribution in [3.05, 3.63) is 0 Å². The van der Waals surface area contributed by atoms with Crippen LogP contribution in [-0.2, 0) is 18.0 Å². The number of alkyl halides is 17. The molecule has 1 unspecified atom stereocenters. The Bertz CT molecular complexity index is 786. The molecular weight excluding hydrogens is 619 g/mol. The summed E-state index contributed by atoms with van der Waals surface area (Å²) in [7, 11) is -4.79. The molecule has 1 atom stereocenters. The number of rotatable bonds is 16. The Balaban J connectivity index is 6.87. The summed E-state index contributed by atoms with van der Waals surface area (Å²) in [4.78, 5) is 0. The van der Waals surface area contributed by atoms with Gasteiger partial charge >= 0.3 is 56.6 Å². The van der Waals surface area contributed by atoms with Crippen molar-refractivity contribution >= 4 is 8.80 Å². The molecule has 0 bridgehead atoms. The summed E-state index contributed by atoms with van der Waals surface area (Å²) in [6, 6.07) is 0. The Morgan fingerprint density at radius 3 is 1.00 bits per heavy atom. The van der Waals surface area contributed by atoms with Gasteiger partial charge in [-0.25, -0.2) is 0 Å². The molecule has 4 nitrogen and oxygen atoms in total. The zero-order valence-corrected chi connectivity index (χ0v) is 21.0. The Morgan fingerprint density at radius 1 is 0.462 bits per heavy atom. The number of hydrogen-bond donors (Lipinski definition) is 0. The van der Waals surface area contributed by atoms with E-state index in [-0.39, 0.29) is 0 Å². The molecule has 0 fully saturated rings. The van der Waals surface area contributed by atoms with E-state index in [1.165, 1.54) is 0 Å². The summed E-state index contributed by atoms with van der Waals surface area (Å²) < 4.78 is 247. The summed E-state index contributed by atoms with van der Waals surface area (Å²) in [5.74, 6) is -50.7. The molecule has 0 rings (SSSR count). The van der Waals surface area contributed by atoms with Gasteiger partial charge in [0.25, 0.3) is 0 Å². The molecule has 0 aromatic carbocycles. The van der Waals surface area contributed by atoms with E-state index < -0.39 is 88.6 Å². The van der Waals surface area contributed by atoms with Crippen molar-refractivity contribution < 1.29 is 92.7 Å². The van der Waals surface area contributed by atoms with Gasteiger partial charge in [-0.15, -0.1) is 0 Å². The lowest BCUT2D eigenvalue weighted by molar-refractivity contribution is -0.479. The maximum Gasteiger partial charge on any atom is 0.531 e. The van der Waals surface area contributed by atoms with Crippen LogP contribution in [0, 0.1) is 0 Å². The number of halogens is 17. The highest BCUT2D eigenvalue weighted by atomic mass is 28.4. The second-order valence-corrected chi connectivity index (χ2v) is 10.1. The van der Waals surface area contributed by atoms with Crippen LogP contribution in [0.5, 0.6) is 0 Å². The van der Waals surface area contributed by atoms with Gasteiger partial charge in [0.1, 0.15) is 5.73 Å². The van der Waals surface area contributed by atoms with Crippen molar-refractivity contribution in [3.63, 3.8) is 0 Å². The Morgan fingerprint density at radius 2 is 0.744 bits per heavy atom. The van der Waals surface area contributed by atoms with Crippen LogP contribution in [0.2, 0.25) is 0 Å². The number of hydrogen-bond acceptors (Lipinski definition) is 4. The van der Waals surface area contributed by atoms with E-state index in [0.717, 1.165) is 27.7 Å². The van der Waals surface area contributed by atoms with Crippen LogP contribution < -0.4 is 0 Å². The van der Waals surface area contributed by atoms with Crippen molar-refractivity contribution in [1.82, 2.24) is 0 Å². The summed E-state index contributed by atoms with van der Waals surface area (Å²) >= 11 is 0. The molecule has 0 saturated carbocycles. The van der Waals surface area contributed by atoms with E-state index in [0.29, 0.717) is 0 Å². The molecule has 0 aliphatic carbocycles. The molecule has 0 aliphatic heterocycles. The van der Waals surface area contributed by atoms with Gasteiger partial charge in [0, 0.05) is 19.8 Å². The molecule has 0 aromatic heterocycles. The molecule has 39 heavy (non-hydrogen) atoms. The normalized spacial score (nSPS) is 16.5. The van der Waals surface area contributed by atoms with Crippen molar-refractivity contribution in [2.24, 2.45) is 0 Å². The fourth-order valence-corrected chi connectivity index (χ4v) is 5.62. The second kappa shape index (κ2) is 11.6. The van der Waals surface area contributed by atoms with Crippen LogP contribution >= 0.6 is 0 Å². The minimum absolute atomic E-state index is 0.503. The highest BCUT2D eigenvalue weighted by Crippen LogP contribution is 2.64. The first-order valence-electron chi connectivity index (χ1n) is 10.4. The van der Waals surface area contributed by atoms with Gasteiger partial charge < -0.3 is 18.0 Å². The van der Waals surface area contributed by atoms with Crippen molar-refractivity contribution in [2.75, 3.05) is 19.8 Å². The third-order valence-corrected chi connectivity index (χ3v) is 8.17. The van der Waals surface area contributed by atoms with E-state index in [2.05, 4.69) is 4.74 Å². The van der Waals surface area contributed by atoms with Crippen LogP contribution in [-0.4, -0.2) is 82.2 Å². The van der Waals surface area contributed by atoms with Crippen LogP contribution in [0.4, 0.5) is 74.6 Å². The summed E-state index contributed by atoms with van der Waals surface area (Å²) in [5.41, 5.74) is -2.65. The SMILES string of the molecule is CCO[Si](OCC)(OCC)C(CC)OC(F)(F)C(F)(F)C(F)(F)C(F)(F)C(F)(F)C(F)(F)C(F)(F)C(F)(F)F. The van der Waals surface area contributed by atoms with Gasteiger partial charge in [0.15, 0.2) is 0 Å². The topological polar surface area (TPSA) is 36.9 Å². The van der Waals surface area contributed by atoms with Gasteiger partial charge in [0.05, 0.1) is 0 Å². The molecule has 0 aliphatic rings. The highest BCUT2D eigenvalue weighted by Gasteiger charge is 2.95. The first-order valence-corrected chi connectivity index (χ1v) is 12.2. The van der Waals surface area contributed by atoms with Crippen molar-refractivity contribution in [3.8, 4) is 0 Å². The average molecular weight is 640 g/mol. The Labute approximate surface area is 210 Å². The monoisotopic (exact) mass is 640 g/mol. The minimum Gasteiger partial charge on any atom is -0.372 e.